The first-order chi connectivity index (χ1) is 13.2. The van der Waals surface area contributed by atoms with E-state index >= 15 is 0 Å². The van der Waals surface area contributed by atoms with E-state index in [9.17, 15) is 4.79 Å². The van der Waals surface area contributed by atoms with Crippen LogP contribution in [0.3, 0.4) is 0 Å². The maximum atomic E-state index is 12.7. The smallest absolute Gasteiger partial charge is 0.254 e. The lowest BCUT2D eigenvalue weighted by atomic mass is 9.96. The Balaban J connectivity index is 1.37. The molecule has 1 fully saturated rings. The van der Waals surface area contributed by atoms with Gasteiger partial charge >= 0.3 is 0 Å². The first-order valence-corrected chi connectivity index (χ1v) is 10.8. The van der Waals surface area contributed by atoms with E-state index < -0.39 is 0 Å². The van der Waals surface area contributed by atoms with Gasteiger partial charge in [-0.2, -0.15) is 0 Å². The number of benzene rings is 1. The standard InChI is InChI=1S/C20H24N4OS2/c25-18(14-7-3-1-4-8-14)24-12-11-16-17(13-24)27-20(22-16)23-19(26)21-15-9-5-2-6-10-15/h1,3-4,7-8,15H,2,5-6,9-13H2,(H2,21,22,23,26). The molecule has 1 saturated carbocycles. The predicted octanol–water partition coefficient (Wildman–Crippen LogP) is 3.96. The molecule has 2 aromatic rings. The molecule has 0 saturated heterocycles. The number of thiazole rings is 1. The van der Waals surface area contributed by atoms with Crippen molar-refractivity contribution in [2.45, 2.75) is 51.1 Å². The van der Waals surface area contributed by atoms with E-state index in [1.165, 1.54) is 32.1 Å². The van der Waals surface area contributed by atoms with Gasteiger partial charge in [-0.3, -0.25) is 4.79 Å². The van der Waals surface area contributed by atoms with Crippen LogP contribution in [0, 0.1) is 0 Å². The van der Waals surface area contributed by atoms with Crippen LogP contribution in [0.5, 0.6) is 0 Å². The summed E-state index contributed by atoms with van der Waals surface area (Å²) in [7, 11) is 0. The third-order valence-electron chi connectivity index (χ3n) is 5.20. The van der Waals surface area contributed by atoms with Gasteiger partial charge in [0.15, 0.2) is 10.2 Å². The van der Waals surface area contributed by atoms with Gasteiger partial charge in [-0.05, 0) is 37.2 Å². The number of aromatic nitrogens is 1. The Morgan fingerprint density at radius 1 is 1.19 bits per heavy atom. The highest BCUT2D eigenvalue weighted by atomic mass is 32.1. The second kappa shape index (κ2) is 8.35. The molecule has 1 aliphatic heterocycles. The Morgan fingerprint density at radius 3 is 2.74 bits per heavy atom. The van der Waals surface area contributed by atoms with E-state index in [2.05, 4.69) is 10.6 Å². The molecule has 0 bridgehead atoms. The molecule has 1 aromatic carbocycles. The normalized spacial score (nSPS) is 17.3. The maximum absolute atomic E-state index is 12.7. The number of nitrogens with one attached hydrogen (secondary N) is 2. The number of rotatable bonds is 3. The first-order valence-electron chi connectivity index (χ1n) is 9.59. The molecule has 0 spiro atoms. The maximum Gasteiger partial charge on any atom is 0.254 e. The van der Waals surface area contributed by atoms with Crippen molar-refractivity contribution < 1.29 is 4.79 Å². The van der Waals surface area contributed by atoms with Crippen LogP contribution in [0.1, 0.15) is 53.0 Å². The number of carbonyl (C=O) groups is 1. The average molecular weight is 401 g/mol. The molecule has 0 atom stereocenters. The SMILES string of the molecule is O=C(c1ccccc1)N1CCc2nc(NC(=S)NC3CCCCC3)sc2C1. The summed E-state index contributed by atoms with van der Waals surface area (Å²) in [6.07, 6.45) is 7.04. The Morgan fingerprint density at radius 2 is 1.96 bits per heavy atom. The lowest BCUT2D eigenvalue weighted by Gasteiger charge is -2.26. The molecule has 5 nitrogen and oxygen atoms in total. The van der Waals surface area contributed by atoms with Crippen LogP contribution in [-0.4, -0.2) is 33.5 Å². The van der Waals surface area contributed by atoms with Crippen molar-refractivity contribution in [3.8, 4) is 0 Å². The largest absolute Gasteiger partial charge is 0.360 e. The number of fused-ring (bicyclic) bond motifs is 1. The number of anilines is 1. The fourth-order valence-corrected chi connectivity index (χ4v) is 5.11. The minimum absolute atomic E-state index is 0.0821. The van der Waals surface area contributed by atoms with Gasteiger partial charge in [-0.15, -0.1) is 0 Å². The number of thiocarbonyl (C=S) groups is 1. The van der Waals surface area contributed by atoms with Gasteiger partial charge < -0.3 is 15.5 Å². The lowest BCUT2D eigenvalue weighted by molar-refractivity contribution is 0.0736. The highest BCUT2D eigenvalue weighted by Gasteiger charge is 2.25. The summed E-state index contributed by atoms with van der Waals surface area (Å²) >= 11 is 7.06. The zero-order chi connectivity index (χ0) is 18.6. The van der Waals surface area contributed by atoms with Gasteiger partial charge in [0, 0.05) is 29.4 Å². The molecule has 1 aromatic heterocycles. The number of hydrogen-bond acceptors (Lipinski definition) is 4. The Kier molecular flexibility index (Phi) is 5.69. The fourth-order valence-electron chi connectivity index (χ4n) is 3.75. The van der Waals surface area contributed by atoms with Crippen molar-refractivity contribution in [1.29, 1.82) is 0 Å². The second-order valence-electron chi connectivity index (χ2n) is 7.17. The monoisotopic (exact) mass is 400 g/mol. The molecule has 4 rings (SSSR count). The predicted molar refractivity (Wildman–Crippen MR) is 113 cm³/mol. The van der Waals surface area contributed by atoms with E-state index in [1.54, 1.807) is 11.3 Å². The highest BCUT2D eigenvalue weighted by molar-refractivity contribution is 7.80. The Bertz CT molecular complexity index is 815. The first kappa shape index (κ1) is 18.4. The van der Waals surface area contributed by atoms with E-state index in [-0.39, 0.29) is 5.91 Å². The van der Waals surface area contributed by atoms with Crippen molar-refractivity contribution in [2.75, 3.05) is 11.9 Å². The third-order valence-corrected chi connectivity index (χ3v) is 6.42. The molecule has 2 N–H and O–H groups in total. The molecule has 2 heterocycles. The summed E-state index contributed by atoms with van der Waals surface area (Å²) in [5, 5.41) is 8.14. The molecule has 2 aliphatic rings. The minimum Gasteiger partial charge on any atom is -0.360 e. The summed E-state index contributed by atoms with van der Waals surface area (Å²) in [4.78, 5) is 20.4. The number of carbonyl (C=O) groups excluding carboxylic acids is 1. The van der Waals surface area contributed by atoms with Crippen LogP contribution in [0.2, 0.25) is 0 Å². The summed E-state index contributed by atoms with van der Waals surface area (Å²) < 4.78 is 0. The molecule has 142 valence electrons. The third kappa shape index (κ3) is 4.47. The topological polar surface area (TPSA) is 57.3 Å². The molecule has 0 radical (unpaired) electrons. The molecule has 0 unspecified atom stereocenters. The van der Waals surface area contributed by atoms with Gasteiger partial charge in [-0.25, -0.2) is 4.98 Å². The summed E-state index contributed by atoms with van der Waals surface area (Å²) in [5.41, 5.74) is 1.82. The van der Waals surface area contributed by atoms with Gasteiger partial charge in [0.2, 0.25) is 0 Å². The van der Waals surface area contributed by atoms with Gasteiger partial charge in [-0.1, -0.05) is 48.8 Å². The molecule has 1 aliphatic carbocycles. The van der Waals surface area contributed by atoms with Crippen LogP contribution in [0.25, 0.3) is 0 Å². The van der Waals surface area contributed by atoms with Crippen molar-refractivity contribution in [3.05, 3.63) is 46.5 Å². The summed E-state index contributed by atoms with van der Waals surface area (Å²) in [5.74, 6) is 0.0821. The Labute approximate surface area is 169 Å². The molecule has 7 heteroatoms. The summed E-state index contributed by atoms with van der Waals surface area (Å²) in [6.45, 7) is 1.32. The zero-order valence-corrected chi connectivity index (χ0v) is 16.9. The lowest BCUT2D eigenvalue weighted by Crippen LogP contribution is -2.38. The van der Waals surface area contributed by atoms with E-state index in [1.807, 2.05) is 35.2 Å². The highest BCUT2D eigenvalue weighted by Crippen LogP contribution is 2.29. The van der Waals surface area contributed by atoms with Gasteiger partial charge in [0.1, 0.15) is 0 Å². The van der Waals surface area contributed by atoms with Gasteiger partial charge in [0.25, 0.3) is 5.91 Å². The molecule has 1 amide bonds. The molecular formula is C20H24N4OS2. The Hall–Kier alpha value is -1.99. The van der Waals surface area contributed by atoms with E-state index in [0.29, 0.717) is 24.2 Å². The number of nitrogens with zero attached hydrogens (tertiary/aromatic N) is 2. The van der Waals surface area contributed by atoms with Gasteiger partial charge in [0.05, 0.1) is 12.2 Å². The van der Waals surface area contributed by atoms with Crippen LogP contribution in [0.15, 0.2) is 30.3 Å². The van der Waals surface area contributed by atoms with Crippen molar-refractivity contribution in [3.63, 3.8) is 0 Å². The van der Waals surface area contributed by atoms with E-state index in [0.717, 1.165) is 27.7 Å². The summed E-state index contributed by atoms with van der Waals surface area (Å²) in [6, 6.07) is 9.94. The van der Waals surface area contributed by atoms with Crippen LogP contribution < -0.4 is 10.6 Å². The molecular weight excluding hydrogens is 376 g/mol. The quantitative estimate of drug-likeness (QED) is 0.764. The minimum atomic E-state index is 0.0821. The van der Waals surface area contributed by atoms with E-state index in [4.69, 9.17) is 17.2 Å². The molecule has 27 heavy (non-hydrogen) atoms. The number of amides is 1. The zero-order valence-electron chi connectivity index (χ0n) is 15.2. The van der Waals surface area contributed by atoms with Crippen molar-refractivity contribution in [2.24, 2.45) is 0 Å². The van der Waals surface area contributed by atoms with Crippen LogP contribution in [-0.2, 0) is 13.0 Å². The van der Waals surface area contributed by atoms with Crippen molar-refractivity contribution in [1.82, 2.24) is 15.2 Å². The van der Waals surface area contributed by atoms with Crippen LogP contribution >= 0.6 is 23.6 Å². The van der Waals surface area contributed by atoms with Crippen LogP contribution in [0.4, 0.5) is 5.13 Å². The average Bonchev–Trinajstić information content (AvgIpc) is 3.10. The fraction of sp³-hybridized carbons (Fsp3) is 0.450. The van der Waals surface area contributed by atoms with Crippen molar-refractivity contribution >= 4 is 39.7 Å². The second-order valence-corrected chi connectivity index (χ2v) is 8.66. The number of hydrogen-bond donors (Lipinski definition) is 2.